The van der Waals surface area contributed by atoms with Gasteiger partial charge < -0.3 is 53.3 Å². The van der Waals surface area contributed by atoms with Gasteiger partial charge in [0, 0.05) is 202 Å². The molecule has 2 atom stereocenters. The molecule has 696 valence electrons. The van der Waals surface area contributed by atoms with E-state index in [4.69, 9.17) is 46.9 Å². The van der Waals surface area contributed by atoms with Gasteiger partial charge in [-0.05, 0) is 202 Å². The van der Waals surface area contributed by atoms with Gasteiger partial charge in [-0.3, -0.25) is 39.6 Å². The summed E-state index contributed by atoms with van der Waals surface area (Å²) in [6, 6.07) is 38.6. The number of amides is 2. The van der Waals surface area contributed by atoms with Crippen molar-refractivity contribution in [2.45, 2.75) is 132 Å². The molecule has 5 aliphatic heterocycles. The number of nitro groups is 2. The first-order chi connectivity index (χ1) is 63.4. The zero-order valence-electron chi connectivity index (χ0n) is 75.1. The number of H-pyrrole nitrogens is 2. The molecule has 4 fully saturated rings. The van der Waals surface area contributed by atoms with Gasteiger partial charge in [0.2, 0.25) is 0 Å². The first-order valence-corrected chi connectivity index (χ1v) is 50.0. The highest BCUT2D eigenvalue weighted by molar-refractivity contribution is 7.99. The zero-order chi connectivity index (χ0) is 92.3. The number of hydrogen-bond donors (Lipinski definition) is 4. The van der Waals surface area contributed by atoms with Crippen LogP contribution in [0.5, 0.6) is 28.7 Å². The predicted molar refractivity (Wildman–Crippen MR) is 514 cm³/mol. The molecule has 4 N–H and O–H groups in total. The predicted octanol–water partition coefficient (Wildman–Crippen LogP) is 17.7. The number of likely N-dealkylation sites (N-methyl/N-ethyl adjacent to an activating group) is 1. The number of benzene rings is 6. The number of allylic oxidation sites excluding steroid dienone is 2. The number of anilines is 2. The average Bonchev–Trinajstić information content (AvgIpc) is 0.978. The summed E-state index contributed by atoms with van der Waals surface area (Å²) >= 11 is 13.9. The second-order valence-corrected chi connectivity index (χ2v) is 43.0. The maximum atomic E-state index is 14.1. The second-order valence-electron chi connectivity index (χ2n) is 37.7. The number of fused-ring (bicyclic) bond motifs is 4. The van der Waals surface area contributed by atoms with Crippen LogP contribution in [0.2, 0.25) is 10.0 Å². The lowest BCUT2D eigenvalue weighted by atomic mass is 9.72. The summed E-state index contributed by atoms with van der Waals surface area (Å²) in [6.07, 6.45) is 17.6. The van der Waals surface area contributed by atoms with Crippen molar-refractivity contribution in [3.63, 3.8) is 0 Å². The van der Waals surface area contributed by atoms with E-state index in [-0.39, 0.29) is 92.4 Å². The number of carbonyl (C=O) groups is 2. The zero-order valence-corrected chi connectivity index (χ0v) is 79.1. The van der Waals surface area contributed by atoms with E-state index in [1.165, 1.54) is 63.5 Å². The van der Waals surface area contributed by atoms with E-state index >= 15 is 0 Å². The summed E-state index contributed by atoms with van der Waals surface area (Å²) in [6.45, 7) is 22.5. The van der Waals surface area contributed by atoms with E-state index in [0.29, 0.717) is 65.1 Å². The van der Waals surface area contributed by atoms with Crippen molar-refractivity contribution in [2.24, 2.45) is 22.7 Å². The highest BCUT2D eigenvalue weighted by atomic mass is 35.5. The number of methoxy groups -OCH3 is 1. The molecule has 0 bridgehead atoms. The van der Waals surface area contributed by atoms with Crippen molar-refractivity contribution in [3.05, 3.63) is 233 Å². The minimum absolute atomic E-state index is 0.0133. The topological polar surface area (TPSA) is 336 Å². The molecule has 9 heterocycles. The Kier molecular flexibility index (Phi) is 28.3. The number of ether oxygens (including phenoxy) is 5. The minimum Gasteiger partial charge on any atom is -0.493 e. The summed E-state index contributed by atoms with van der Waals surface area (Å²) in [7, 11) is -5.39. The molecule has 8 aliphatic rings. The van der Waals surface area contributed by atoms with E-state index in [1.54, 1.807) is 74.2 Å². The maximum absolute atomic E-state index is 14.1. The van der Waals surface area contributed by atoms with E-state index < -0.39 is 52.3 Å². The number of aromatic amines is 2. The Labute approximate surface area is 783 Å². The van der Waals surface area contributed by atoms with Crippen LogP contribution in [0.1, 0.15) is 135 Å². The van der Waals surface area contributed by atoms with Crippen LogP contribution in [0, 0.1) is 42.9 Å². The maximum Gasteiger partial charge on any atom is 0.277 e. The molecule has 18 rings (SSSR count). The summed E-state index contributed by atoms with van der Waals surface area (Å²) in [5.74, 6) is -0.0973. The molecule has 3 aliphatic carbocycles. The van der Waals surface area contributed by atoms with Gasteiger partial charge in [0.25, 0.3) is 43.2 Å². The second kappa shape index (κ2) is 40.0. The Morgan fingerprint density at radius 1 is 0.568 bits per heavy atom. The van der Waals surface area contributed by atoms with Gasteiger partial charge in [-0.25, -0.2) is 36.2 Å². The molecule has 4 aromatic heterocycles. The molecule has 0 unspecified atom stereocenters. The number of halogens is 2. The van der Waals surface area contributed by atoms with E-state index in [0.717, 1.165) is 194 Å². The van der Waals surface area contributed by atoms with Crippen molar-refractivity contribution in [2.75, 3.05) is 141 Å². The molecule has 0 spiro atoms. The molecule has 6 aromatic carbocycles. The van der Waals surface area contributed by atoms with Gasteiger partial charge in [-0.2, -0.15) is 0 Å². The summed E-state index contributed by atoms with van der Waals surface area (Å²) in [5.41, 5.74) is 11.7. The standard InChI is InChI=1S/C50H57ClN6O9S.C48H55ClN8O6S2/c1-50(2)16-14-42(33-4-6-36(51)7-5-33)35(27-50)29-55-18-20-56(21-19-55)37-8-13-43(47(24-37)66-40-23-34-15-17-52-48(34)53-28-40)49(58)54-67(61,62)41-25-45(57(59)60)44-22-32(31-65-46(44)26-41)30-64-39-11-9-38(63-3)10-12-39;1-48(2)12-10-35(42(27-48)33-4-6-36(49)7-5-33)30-55-18-20-56(21-19-55)37-8-9-40(44(24-37)63-38-23-34-11-13-50-46(34)51-28-38)47(58)52-65(61,62)39-25-43(57(59)60)41-22-32(31-64-45(41)26-39)29-54-16-14-53(3)15-17-54/h4-8,13,15,17,23-26,28,32,38-39H,9-12,14,16,18-22,27,29-31H2,1-3H3,(H,52,53)(H,54,58);4-9,11,13,23-26,28,32H,10,12,14-22,27,29-31H2,1-3H3,(H,50,51)(H,52,58)/t32-,38?,39?;32-/m11/s1. The highest BCUT2D eigenvalue weighted by Gasteiger charge is 2.39. The summed E-state index contributed by atoms with van der Waals surface area (Å²) < 4.78 is 90.6. The van der Waals surface area contributed by atoms with Crippen LogP contribution in [-0.4, -0.2) is 222 Å². The van der Waals surface area contributed by atoms with Gasteiger partial charge in [0.1, 0.15) is 40.0 Å². The number of thioether (sulfide) groups is 1. The van der Waals surface area contributed by atoms with Gasteiger partial charge >= 0.3 is 0 Å². The molecule has 10 aromatic rings. The van der Waals surface area contributed by atoms with Crippen molar-refractivity contribution in [3.8, 4) is 28.7 Å². The third-order valence-corrected chi connectivity index (χ3v) is 31.5. The Morgan fingerprint density at radius 3 is 1.61 bits per heavy atom. The van der Waals surface area contributed by atoms with Crippen LogP contribution >= 0.6 is 35.0 Å². The first kappa shape index (κ1) is 93.3. The molecule has 132 heavy (non-hydrogen) atoms. The fraction of sp³-hybridized carbons (Fsp3) is 0.429. The van der Waals surface area contributed by atoms with Crippen LogP contribution in [0.15, 0.2) is 184 Å². The Balaban J connectivity index is 0.000000184. The van der Waals surface area contributed by atoms with E-state index in [2.05, 4.69) is 118 Å². The SMILES string of the molecule is CN1CCN(C[C@@H]2CSc3cc(S(=O)(=O)NC(=O)c4ccc(N5CCN(CC6=C(c7ccc(Cl)cc7)CC(C)(C)CC6)CC5)cc4Oc4cnc5[nH]ccc5c4)cc([N+](=O)[O-])c3C2)CC1.COC1CCC(OC[C@@H]2COc3cc(S(=O)(=O)NC(=O)c4ccc(N5CCN(CC6=C(c7ccc(Cl)cc7)CCC(C)(C)C6)CC5)cc4Oc4cnc5[nH]ccc5c4)cc([N+](=O)[O-])c3C2)CC1. The molecule has 29 nitrogen and oxygen atoms in total. The normalized spacial score (nSPS) is 20.5. The van der Waals surface area contributed by atoms with Crippen LogP contribution in [0.4, 0.5) is 22.7 Å². The summed E-state index contributed by atoms with van der Waals surface area (Å²) in [5, 5.41) is 27.9. The number of aromatic nitrogens is 4. The molecule has 2 amide bonds. The third-order valence-electron chi connectivity index (χ3n) is 27.0. The van der Waals surface area contributed by atoms with Crippen LogP contribution in [0.3, 0.4) is 0 Å². The highest BCUT2D eigenvalue weighted by Crippen LogP contribution is 2.48. The van der Waals surface area contributed by atoms with Gasteiger partial charge in [0.15, 0.2) is 0 Å². The minimum atomic E-state index is -4.65. The largest absolute Gasteiger partial charge is 0.493 e. The molecular formula is C98H112Cl2N14O15S3. The average molecular weight is 1890 g/mol. The number of rotatable bonds is 26. The molecule has 3 saturated heterocycles. The van der Waals surface area contributed by atoms with E-state index in [9.17, 15) is 46.7 Å². The lowest BCUT2D eigenvalue weighted by molar-refractivity contribution is -0.386. The number of carbonyl (C=O) groups excluding carboxylic acids is 2. The number of nitrogens with one attached hydrogen (secondary N) is 4. The monoisotopic (exact) mass is 1890 g/mol. The molecule has 1 saturated carbocycles. The van der Waals surface area contributed by atoms with Gasteiger partial charge in [-0.1, -0.05) is 86.3 Å². The Hall–Kier alpha value is -10.5. The van der Waals surface area contributed by atoms with Crippen LogP contribution < -0.4 is 33.5 Å². The molecule has 0 radical (unpaired) electrons. The lowest BCUT2D eigenvalue weighted by Crippen LogP contribution is -2.47. The van der Waals surface area contributed by atoms with Gasteiger partial charge in [-0.15, -0.1) is 11.8 Å². The van der Waals surface area contributed by atoms with Crippen molar-refractivity contribution >= 4 is 123 Å². The van der Waals surface area contributed by atoms with Crippen molar-refractivity contribution < 1.29 is 60.0 Å². The van der Waals surface area contributed by atoms with Crippen LogP contribution in [0.25, 0.3) is 33.2 Å². The summed E-state index contributed by atoms with van der Waals surface area (Å²) in [4.78, 5) is 80.8. The van der Waals surface area contributed by atoms with Gasteiger partial charge in [0.05, 0.1) is 74.1 Å². The smallest absolute Gasteiger partial charge is 0.277 e. The number of pyridine rings is 2. The molecular weight excluding hydrogens is 1780 g/mol. The number of sulfonamides is 2. The van der Waals surface area contributed by atoms with Crippen molar-refractivity contribution in [1.29, 1.82) is 0 Å². The van der Waals surface area contributed by atoms with Crippen molar-refractivity contribution in [1.82, 2.24) is 49.0 Å². The number of piperazine rings is 3. The lowest BCUT2D eigenvalue weighted by Gasteiger charge is -2.39. The number of nitro benzene ring substituents is 2. The van der Waals surface area contributed by atoms with E-state index in [1.807, 2.05) is 36.4 Å². The molecule has 34 heteroatoms. The third kappa shape index (κ3) is 22.3. The van der Waals surface area contributed by atoms with Crippen LogP contribution in [-0.2, 0) is 42.4 Å². The Bertz CT molecular complexity index is 6280. The fourth-order valence-electron chi connectivity index (χ4n) is 19.5. The quantitative estimate of drug-likeness (QED) is 0.0289. The first-order valence-electron chi connectivity index (χ1n) is 45.3. The Morgan fingerprint density at radius 2 is 1.06 bits per heavy atom. The fourth-order valence-corrected chi connectivity index (χ4v) is 23.0. The number of nitrogens with zero attached hydrogens (tertiary/aromatic N) is 10. The number of hydrogen-bond acceptors (Lipinski definition) is 24.